The Kier molecular flexibility index (Phi) is 3.81. The van der Waals surface area contributed by atoms with Crippen LogP contribution in [0, 0.1) is 18.3 Å². The number of aromatic nitrogens is 1. The Hall–Kier alpha value is -1.99. The molecule has 1 amide bonds. The van der Waals surface area contributed by atoms with Gasteiger partial charge in [0.1, 0.15) is 5.41 Å². The predicted molar refractivity (Wildman–Crippen MR) is 95.9 cm³/mol. The molecule has 6 nitrogen and oxygen atoms in total. The number of aliphatic carboxylic acids is 1. The van der Waals surface area contributed by atoms with Gasteiger partial charge in [-0.2, -0.15) is 0 Å². The second-order valence-corrected chi connectivity index (χ2v) is 8.52. The van der Waals surface area contributed by atoms with Gasteiger partial charge < -0.3 is 14.9 Å². The zero-order valence-corrected chi connectivity index (χ0v) is 15.2. The zero-order valence-electron chi connectivity index (χ0n) is 14.4. The van der Waals surface area contributed by atoms with Crippen LogP contribution in [-0.2, 0) is 4.79 Å². The third kappa shape index (κ3) is 2.62. The highest BCUT2D eigenvalue weighted by Gasteiger charge is 2.55. The molecule has 0 bridgehead atoms. The molecule has 1 N–H and O–H groups in total. The average molecular weight is 359 g/mol. The minimum atomic E-state index is -0.839. The van der Waals surface area contributed by atoms with E-state index in [-0.39, 0.29) is 18.4 Å². The van der Waals surface area contributed by atoms with Gasteiger partial charge in [-0.15, -0.1) is 11.3 Å². The predicted octanol–water partition coefficient (Wildman–Crippen LogP) is 2.08. The SMILES string of the molecule is Cc1nc2ccc(C(=O)N3C[C@@H]4CCN(C)C[C@]4(C(=O)O)C3)cc2s1. The number of piperidine rings is 1. The summed E-state index contributed by atoms with van der Waals surface area (Å²) < 4.78 is 0.993. The van der Waals surface area contributed by atoms with E-state index in [0.717, 1.165) is 28.2 Å². The van der Waals surface area contributed by atoms with E-state index >= 15 is 0 Å². The summed E-state index contributed by atoms with van der Waals surface area (Å²) >= 11 is 1.57. The third-order valence-electron chi connectivity index (χ3n) is 5.56. The van der Waals surface area contributed by atoms with Gasteiger partial charge in [0.05, 0.1) is 15.2 Å². The van der Waals surface area contributed by atoms with Crippen molar-refractivity contribution in [2.45, 2.75) is 13.3 Å². The van der Waals surface area contributed by atoms with E-state index in [2.05, 4.69) is 9.88 Å². The first kappa shape index (κ1) is 16.5. The molecule has 0 spiro atoms. The van der Waals surface area contributed by atoms with Crippen LogP contribution in [0.25, 0.3) is 10.2 Å². The normalized spacial score (nSPS) is 26.8. The summed E-state index contributed by atoms with van der Waals surface area (Å²) in [6.45, 7) is 4.15. The topological polar surface area (TPSA) is 73.7 Å². The largest absolute Gasteiger partial charge is 0.481 e. The van der Waals surface area contributed by atoms with Crippen molar-refractivity contribution < 1.29 is 14.7 Å². The minimum Gasteiger partial charge on any atom is -0.481 e. The van der Waals surface area contributed by atoms with Crippen LogP contribution in [0.5, 0.6) is 0 Å². The van der Waals surface area contributed by atoms with Crippen LogP contribution in [0.3, 0.4) is 0 Å². The van der Waals surface area contributed by atoms with Crippen LogP contribution in [-0.4, -0.2) is 65.0 Å². The Morgan fingerprint density at radius 3 is 2.92 bits per heavy atom. The number of carbonyl (C=O) groups is 2. The van der Waals surface area contributed by atoms with Gasteiger partial charge in [-0.1, -0.05) is 0 Å². The lowest BCUT2D eigenvalue weighted by atomic mass is 9.73. The Balaban J connectivity index is 1.63. The Morgan fingerprint density at radius 1 is 1.36 bits per heavy atom. The Morgan fingerprint density at radius 2 is 2.16 bits per heavy atom. The number of amides is 1. The molecule has 7 heteroatoms. The number of thiazole rings is 1. The number of carboxylic acids is 1. The Bertz CT molecular complexity index is 864. The molecule has 0 radical (unpaired) electrons. The lowest BCUT2D eigenvalue weighted by Crippen LogP contribution is -2.52. The molecule has 2 aromatic rings. The fraction of sp³-hybridized carbons (Fsp3) is 0.500. The van der Waals surface area contributed by atoms with Crippen LogP contribution >= 0.6 is 11.3 Å². The third-order valence-corrected chi connectivity index (χ3v) is 6.50. The number of benzene rings is 1. The second-order valence-electron chi connectivity index (χ2n) is 7.29. The van der Waals surface area contributed by atoms with Gasteiger partial charge in [0.15, 0.2) is 0 Å². The molecular formula is C18H21N3O3S. The van der Waals surface area contributed by atoms with E-state index in [1.807, 2.05) is 26.1 Å². The minimum absolute atomic E-state index is 0.0273. The molecule has 1 aromatic heterocycles. The van der Waals surface area contributed by atoms with E-state index in [1.54, 1.807) is 22.3 Å². The van der Waals surface area contributed by atoms with Crippen LogP contribution in [0.1, 0.15) is 21.8 Å². The number of hydrogen-bond donors (Lipinski definition) is 1. The fourth-order valence-corrected chi connectivity index (χ4v) is 5.15. The molecule has 0 saturated carbocycles. The molecule has 2 fully saturated rings. The first-order valence-corrected chi connectivity index (χ1v) is 9.29. The van der Waals surface area contributed by atoms with Gasteiger partial charge in [-0.05, 0) is 51.1 Å². The molecule has 3 heterocycles. The molecule has 25 heavy (non-hydrogen) atoms. The van der Waals surface area contributed by atoms with Crippen molar-refractivity contribution >= 4 is 33.4 Å². The van der Waals surface area contributed by atoms with E-state index in [0.29, 0.717) is 18.7 Å². The molecule has 2 atom stereocenters. The van der Waals surface area contributed by atoms with Crippen molar-refractivity contribution in [1.82, 2.24) is 14.8 Å². The van der Waals surface area contributed by atoms with Gasteiger partial charge in [-0.25, -0.2) is 4.98 Å². The summed E-state index contributed by atoms with van der Waals surface area (Å²) in [6.07, 6.45) is 0.819. The van der Waals surface area contributed by atoms with E-state index in [4.69, 9.17) is 0 Å². The number of likely N-dealkylation sites (tertiary alicyclic amines) is 2. The molecule has 132 valence electrons. The fourth-order valence-electron chi connectivity index (χ4n) is 4.28. The van der Waals surface area contributed by atoms with Gasteiger partial charge in [-0.3, -0.25) is 9.59 Å². The number of carboxylic acid groups (broad SMARTS) is 1. The highest BCUT2D eigenvalue weighted by Crippen LogP contribution is 2.42. The summed E-state index contributed by atoms with van der Waals surface area (Å²) in [6, 6.07) is 5.55. The average Bonchev–Trinajstić information content (AvgIpc) is 3.13. The second kappa shape index (κ2) is 5.78. The highest BCUT2D eigenvalue weighted by molar-refractivity contribution is 7.18. The number of aryl methyl sites for hydroxylation is 1. The van der Waals surface area contributed by atoms with Crippen molar-refractivity contribution in [2.24, 2.45) is 11.3 Å². The maximum Gasteiger partial charge on any atom is 0.313 e. The van der Waals surface area contributed by atoms with Crippen LogP contribution < -0.4 is 0 Å². The zero-order chi connectivity index (χ0) is 17.8. The van der Waals surface area contributed by atoms with Gasteiger partial charge in [0.2, 0.25) is 0 Å². The van der Waals surface area contributed by atoms with Crippen LogP contribution in [0.4, 0.5) is 0 Å². The molecule has 0 aliphatic carbocycles. The van der Waals surface area contributed by atoms with Crippen molar-refractivity contribution in [3.63, 3.8) is 0 Å². The molecular weight excluding hydrogens is 338 g/mol. The van der Waals surface area contributed by atoms with Gasteiger partial charge in [0, 0.05) is 25.2 Å². The maximum absolute atomic E-state index is 13.0. The number of hydrogen-bond acceptors (Lipinski definition) is 5. The van der Waals surface area contributed by atoms with Gasteiger partial charge >= 0.3 is 5.97 Å². The molecule has 2 aliphatic rings. The molecule has 1 aromatic carbocycles. The molecule has 0 unspecified atom stereocenters. The van der Waals surface area contributed by atoms with E-state index in [9.17, 15) is 14.7 Å². The van der Waals surface area contributed by atoms with Crippen molar-refractivity contribution in [3.05, 3.63) is 28.8 Å². The van der Waals surface area contributed by atoms with Crippen LogP contribution in [0.2, 0.25) is 0 Å². The quantitative estimate of drug-likeness (QED) is 0.889. The summed E-state index contributed by atoms with van der Waals surface area (Å²) in [5.41, 5.74) is 0.676. The van der Waals surface area contributed by atoms with Crippen LogP contribution in [0.15, 0.2) is 18.2 Å². The molecule has 2 saturated heterocycles. The van der Waals surface area contributed by atoms with Crippen molar-refractivity contribution in [3.8, 4) is 0 Å². The number of nitrogens with zero attached hydrogens (tertiary/aromatic N) is 3. The highest BCUT2D eigenvalue weighted by atomic mass is 32.1. The first-order chi connectivity index (χ1) is 11.9. The Labute approximate surface area is 150 Å². The summed E-state index contributed by atoms with van der Waals surface area (Å²) in [5.74, 6) is -0.835. The van der Waals surface area contributed by atoms with Crippen molar-refractivity contribution in [2.75, 3.05) is 33.2 Å². The number of carbonyl (C=O) groups excluding carboxylic acids is 1. The maximum atomic E-state index is 13.0. The number of rotatable bonds is 2. The van der Waals surface area contributed by atoms with E-state index in [1.165, 1.54) is 0 Å². The van der Waals surface area contributed by atoms with E-state index < -0.39 is 11.4 Å². The monoisotopic (exact) mass is 359 g/mol. The summed E-state index contributed by atoms with van der Waals surface area (Å²) in [5, 5.41) is 10.8. The lowest BCUT2D eigenvalue weighted by molar-refractivity contribution is -0.153. The smallest absolute Gasteiger partial charge is 0.313 e. The molecule has 4 rings (SSSR count). The number of fused-ring (bicyclic) bond motifs is 2. The van der Waals surface area contributed by atoms with Gasteiger partial charge in [0.25, 0.3) is 5.91 Å². The molecule has 2 aliphatic heterocycles. The first-order valence-electron chi connectivity index (χ1n) is 8.47. The lowest BCUT2D eigenvalue weighted by Gasteiger charge is -2.39. The van der Waals surface area contributed by atoms with Crippen molar-refractivity contribution in [1.29, 1.82) is 0 Å². The standard InChI is InChI=1S/C18H21N3O3S/c1-11-19-14-4-3-12(7-15(14)25-11)16(22)21-8-13-5-6-20(2)9-18(13,10-21)17(23)24/h3-4,7,13H,5-6,8-10H2,1-2H3,(H,23,24)/t13-,18-/m0/s1. The summed E-state index contributed by atoms with van der Waals surface area (Å²) in [7, 11) is 1.95. The summed E-state index contributed by atoms with van der Waals surface area (Å²) in [4.78, 5) is 33.2.